The Kier molecular flexibility index (Phi) is 6.86. The number of amides is 1. The third-order valence-electron chi connectivity index (χ3n) is 4.10. The van der Waals surface area contributed by atoms with E-state index in [0.29, 0.717) is 29.9 Å². The van der Waals surface area contributed by atoms with Crippen LogP contribution in [0.2, 0.25) is 0 Å². The van der Waals surface area contributed by atoms with Gasteiger partial charge in [0.15, 0.2) is 0 Å². The number of carbonyl (C=O) groups excluding carboxylic acids is 1. The van der Waals surface area contributed by atoms with E-state index in [0.717, 1.165) is 4.90 Å². The molecule has 1 amide bonds. The summed E-state index contributed by atoms with van der Waals surface area (Å²) >= 11 is 1.59. The Balaban J connectivity index is 2.35. The molecule has 7 heteroatoms. The van der Waals surface area contributed by atoms with E-state index in [2.05, 4.69) is 5.32 Å². The van der Waals surface area contributed by atoms with Crippen LogP contribution in [0.3, 0.4) is 0 Å². The first-order chi connectivity index (χ1) is 12.3. The number of anilines is 1. The van der Waals surface area contributed by atoms with Gasteiger partial charge < -0.3 is 5.32 Å². The van der Waals surface area contributed by atoms with Gasteiger partial charge in [-0.3, -0.25) is 4.79 Å². The second-order valence-electron chi connectivity index (χ2n) is 5.76. The zero-order valence-corrected chi connectivity index (χ0v) is 17.1. The largest absolute Gasteiger partial charge is 0.322 e. The first kappa shape index (κ1) is 20.5. The highest BCUT2D eigenvalue weighted by Gasteiger charge is 2.24. The summed E-state index contributed by atoms with van der Waals surface area (Å²) in [6, 6.07) is 12.3. The van der Waals surface area contributed by atoms with Gasteiger partial charge in [-0.05, 0) is 49.1 Å². The lowest BCUT2D eigenvalue weighted by Gasteiger charge is -2.20. The molecule has 2 rings (SSSR count). The molecule has 0 atom stereocenters. The number of benzene rings is 2. The van der Waals surface area contributed by atoms with E-state index in [-0.39, 0.29) is 10.8 Å². The molecule has 0 radical (unpaired) electrons. The third-order valence-corrected chi connectivity index (χ3v) is 7.02. The summed E-state index contributed by atoms with van der Waals surface area (Å²) in [7, 11) is -3.62. The molecule has 140 valence electrons. The number of nitrogens with zero attached hydrogens (tertiary/aromatic N) is 1. The highest BCUT2D eigenvalue weighted by Crippen LogP contribution is 2.23. The van der Waals surface area contributed by atoms with Crippen molar-refractivity contribution in [2.45, 2.75) is 30.6 Å². The fraction of sp³-hybridized carbons (Fsp3) is 0.316. The molecule has 0 aliphatic heterocycles. The summed E-state index contributed by atoms with van der Waals surface area (Å²) in [4.78, 5) is 13.8. The van der Waals surface area contributed by atoms with Crippen LogP contribution in [0.15, 0.2) is 52.3 Å². The summed E-state index contributed by atoms with van der Waals surface area (Å²) in [5.74, 6) is -0.334. The van der Waals surface area contributed by atoms with E-state index in [1.165, 1.54) is 10.4 Å². The van der Waals surface area contributed by atoms with Gasteiger partial charge >= 0.3 is 0 Å². The number of aryl methyl sites for hydroxylation is 1. The summed E-state index contributed by atoms with van der Waals surface area (Å²) in [6.07, 6.45) is 1.96. The van der Waals surface area contributed by atoms with Crippen molar-refractivity contribution in [2.24, 2.45) is 0 Å². The number of nitrogens with one attached hydrogen (secondary N) is 1. The van der Waals surface area contributed by atoms with Gasteiger partial charge in [0.25, 0.3) is 5.91 Å². The van der Waals surface area contributed by atoms with Crippen molar-refractivity contribution in [3.63, 3.8) is 0 Å². The van der Waals surface area contributed by atoms with E-state index in [1.807, 2.05) is 24.5 Å². The second kappa shape index (κ2) is 8.70. The number of carbonyl (C=O) groups is 1. The minimum Gasteiger partial charge on any atom is -0.322 e. The molecule has 1 N–H and O–H groups in total. The summed E-state index contributed by atoms with van der Waals surface area (Å²) < 4.78 is 27.0. The molecular formula is C19H24N2O3S2. The zero-order chi connectivity index (χ0) is 19.3. The van der Waals surface area contributed by atoms with E-state index in [1.54, 1.807) is 50.7 Å². The van der Waals surface area contributed by atoms with Crippen molar-refractivity contribution in [1.82, 2.24) is 4.31 Å². The van der Waals surface area contributed by atoms with E-state index >= 15 is 0 Å². The standard InChI is InChI=1S/C19H24N2O3S2/c1-5-21(6-2)26(23,24)18-12-15(11-10-14(18)3)19(22)20-16-8-7-9-17(13-16)25-4/h7-13H,5-6H2,1-4H3,(H,20,22). The Morgan fingerprint density at radius 1 is 1.12 bits per heavy atom. The lowest BCUT2D eigenvalue weighted by atomic mass is 10.1. The van der Waals surface area contributed by atoms with Gasteiger partial charge in [-0.15, -0.1) is 11.8 Å². The molecule has 0 saturated carbocycles. The molecule has 0 aliphatic carbocycles. The van der Waals surface area contributed by atoms with E-state index in [9.17, 15) is 13.2 Å². The van der Waals surface area contributed by atoms with Crippen molar-refractivity contribution in [2.75, 3.05) is 24.7 Å². The minimum atomic E-state index is -3.62. The number of rotatable bonds is 7. The lowest BCUT2D eigenvalue weighted by Crippen LogP contribution is -2.31. The first-order valence-electron chi connectivity index (χ1n) is 8.39. The lowest BCUT2D eigenvalue weighted by molar-refractivity contribution is 0.102. The van der Waals surface area contributed by atoms with Crippen LogP contribution < -0.4 is 5.32 Å². The van der Waals surface area contributed by atoms with Crippen LogP contribution in [-0.2, 0) is 10.0 Å². The molecular weight excluding hydrogens is 368 g/mol. The Morgan fingerprint density at radius 3 is 2.42 bits per heavy atom. The molecule has 5 nitrogen and oxygen atoms in total. The van der Waals surface area contributed by atoms with Gasteiger partial charge in [0, 0.05) is 29.2 Å². The minimum absolute atomic E-state index is 0.173. The van der Waals surface area contributed by atoms with Crippen LogP contribution in [0, 0.1) is 6.92 Å². The zero-order valence-electron chi connectivity index (χ0n) is 15.4. The predicted octanol–water partition coefficient (Wildman–Crippen LogP) is 4.00. The van der Waals surface area contributed by atoms with Crippen molar-refractivity contribution in [3.8, 4) is 0 Å². The van der Waals surface area contributed by atoms with Gasteiger partial charge in [-0.2, -0.15) is 4.31 Å². The van der Waals surface area contributed by atoms with Crippen LogP contribution in [0.5, 0.6) is 0 Å². The number of hydrogen-bond acceptors (Lipinski definition) is 4. The molecule has 0 spiro atoms. The molecule has 0 bridgehead atoms. The number of hydrogen-bond donors (Lipinski definition) is 1. The Bertz CT molecular complexity index is 891. The van der Waals surface area contributed by atoms with Crippen molar-refractivity contribution in [3.05, 3.63) is 53.6 Å². The van der Waals surface area contributed by atoms with Crippen LogP contribution in [0.25, 0.3) is 0 Å². The third kappa shape index (κ3) is 4.47. The van der Waals surface area contributed by atoms with E-state index < -0.39 is 10.0 Å². The second-order valence-corrected chi connectivity index (χ2v) is 8.54. The van der Waals surface area contributed by atoms with Crippen molar-refractivity contribution in [1.29, 1.82) is 0 Å². The molecule has 0 fully saturated rings. The maximum atomic E-state index is 12.8. The smallest absolute Gasteiger partial charge is 0.255 e. The first-order valence-corrected chi connectivity index (χ1v) is 11.1. The maximum absolute atomic E-state index is 12.8. The summed E-state index contributed by atoms with van der Waals surface area (Å²) in [5, 5.41) is 2.83. The van der Waals surface area contributed by atoms with Crippen LogP contribution in [-0.4, -0.2) is 38.0 Å². The summed E-state index contributed by atoms with van der Waals surface area (Å²) in [6.45, 7) is 6.10. The fourth-order valence-electron chi connectivity index (χ4n) is 2.63. The van der Waals surface area contributed by atoms with Crippen molar-refractivity contribution >= 4 is 33.4 Å². The molecule has 2 aromatic carbocycles. The van der Waals surface area contributed by atoms with Crippen LogP contribution >= 0.6 is 11.8 Å². The average molecular weight is 393 g/mol. The fourth-order valence-corrected chi connectivity index (χ4v) is 4.79. The highest BCUT2D eigenvalue weighted by atomic mass is 32.2. The van der Waals surface area contributed by atoms with Gasteiger partial charge in [0.2, 0.25) is 10.0 Å². The van der Waals surface area contributed by atoms with Gasteiger partial charge in [0.1, 0.15) is 0 Å². The predicted molar refractivity (Wildman–Crippen MR) is 107 cm³/mol. The maximum Gasteiger partial charge on any atom is 0.255 e. The molecule has 26 heavy (non-hydrogen) atoms. The molecule has 2 aromatic rings. The molecule has 0 unspecified atom stereocenters. The van der Waals surface area contributed by atoms with Gasteiger partial charge in [0.05, 0.1) is 4.90 Å². The molecule has 0 saturated heterocycles. The number of sulfonamides is 1. The average Bonchev–Trinajstić information content (AvgIpc) is 2.62. The van der Waals surface area contributed by atoms with E-state index in [4.69, 9.17) is 0 Å². The SMILES string of the molecule is CCN(CC)S(=O)(=O)c1cc(C(=O)Nc2cccc(SC)c2)ccc1C. The highest BCUT2D eigenvalue weighted by molar-refractivity contribution is 7.98. The molecule has 0 aliphatic rings. The Morgan fingerprint density at radius 2 is 1.81 bits per heavy atom. The van der Waals surface area contributed by atoms with Gasteiger partial charge in [-0.1, -0.05) is 26.0 Å². The monoisotopic (exact) mass is 392 g/mol. The molecule has 0 aromatic heterocycles. The quantitative estimate of drug-likeness (QED) is 0.723. The van der Waals surface area contributed by atoms with Gasteiger partial charge in [-0.25, -0.2) is 8.42 Å². The molecule has 0 heterocycles. The van der Waals surface area contributed by atoms with Crippen LogP contribution in [0.4, 0.5) is 5.69 Å². The van der Waals surface area contributed by atoms with Crippen LogP contribution in [0.1, 0.15) is 29.8 Å². The number of thioether (sulfide) groups is 1. The van der Waals surface area contributed by atoms with Crippen molar-refractivity contribution < 1.29 is 13.2 Å². The summed E-state index contributed by atoms with van der Waals surface area (Å²) in [5.41, 5.74) is 1.62. The normalized spacial score (nSPS) is 11.6. The topological polar surface area (TPSA) is 66.5 Å². The Labute approximate surface area is 159 Å². The Hall–Kier alpha value is -1.83.